The van der Waals surface area contributed by atoms with E-state index in [1.807, 2.05) is 0 Å². The number of aliphatic carboxylic acids is 1. The molecule has 1 N–H and O–H groups in total. The molecule has 0 aromatic rings. The Labute approximate surface area is 188 Å². The van der Waals surface area contributed by atoms with Gasteiger partial charge < -0.3 is 38.6 Å². The number of amides is 2. The summed E-state index contributed by atoms with van der Waals surface area (Å²) in [5.41, 5.74) is -0.379. The third-order valence-corrected chi connectivity index (χ3v) is 4.20. The van der Waals surface area contributed by atoms with Crippen LogP contribution in [0.25, 0.3) is 0 Å². The average Bonchev–Trinajstić information content (AvgIpc) is 2.76. The average molecular weight is 462 g/mol. The third-order valence-electron chi connectivity index (χ3n) is 4.20. The molecule has 32 heavy (non-hydrogen) atoms. The summed E-state index contributed by atoms with van der Waals surface area (Å²) in [5, 5.41) is 9.07. The van der Waals surface area contributed by atoms with Gasteiger partial charge in [0.15, 0.2) is 6.61 Å². The van der Waals surface area contributed by atoms with Gasteiger partial charge in [-0.25, -0.2) is 9.59 Å². The van der Waals surface area contributed by atoms with Crippen molar-refractivity contribution >= 4 is 23.8 Å². The lowest BCUT2D eigenvalue weighted by atomic mass is 10.1. The van der Waals surface area contributed by atoms with E-state index < -0.39 is 36.8 Å². The second-order valence-corrected chi connectivity index (χ2v) is 6.49. The summed E-state index contributed by atoms with van der Waals surface area (Å²) in [6.07, 6.45) is 0.0902. The van der Waals surface area contributed by atoms with Gasteiger partial charge in [-0.15, -0.1) is 0 Å². The van der Waals surface area contributed by atoms with Crippen LogP contribution in [0.3, 0.4) is 0 Å². The van der Waals surface area contributed by atoms with Crippen molar-refractivity contribution in [3.8, 4) is 0 Å². The van der Waals surface area contributed by atoms with Crippen molar-refractivity contribution in [2.75, 3.05) is 87.7 Å². The Hall–Kier alpha value is -2.54. The van der Waals surface area contributed by atoms with Gasteiger partial charge in [0, 0.05) is 60.7 Å². The molecule has 0 saturated carbocycles. The van der Waals surface area contributed by atoms with Crippen LogP contribution in [-0.4, -0.2) is 126 Å². The summed E-state index contributed by atoms with van der Waals surface area (Å²) in [7, 11) is 5.93. The predicted octanol–water partition coefficient (Wildman–Crippen LogP) is -0.826. The van der Waals surface area contributed by atoms with Crippen molar-refractivity contribution in [2.24, 2.45) is 0 Å². The van der Waals surface area contributed by atoms with Gasteiger partial charge in [0.25, 0.3) is 5.91 Å². The van der Waals surface area contributed by atoms with E-state index in [4.69, 9.17) is 28.8 Å². The largest absolute Gasteiger partial charge is 0.478 e. The van der Waals surface area contributed by atoms with E-state index in [0.29, 0.717) is 6.08 Å². The van der Waals surface area contributed by atoms with Gasteiger partial charge >= 0.3 is 11.9 Å². The molecule has 0 aliphatic rings. The monoisotopic (exact) mass is 462 g/mol. The first-order valence-corrected chi connectivity index (χ1v) is 9.92. The number of ether oxygens (including phenoxy) is 5. The fraction of sp³-hybridized carbons (Fsp3) is 0.700. The molecule has 0 aliphatic carbocycles. The number of carboxylic acid groups (broad SMARTS) is 1. The van der Waals surface area contributed by atoms with Gasteiger partial charge in [0.1, 0.15) is 0 Å². The van der Waals surface area contributed by atoms with Crippen LogP contribution in [0.2, 0.25) is 0 Å². The predicted molar refractivity (Wildman–Crippen MR) is 112 cm³/mol. The summed E-state index contributed by atoms with van der Waals surface area (Å²) in [6.45, 7) is 1.45. The number of nitrogens with zero attached hydrogens (tertiary/aromatic N) is 2. The molecule has 0 unspecified atom stereocenters. The highest BCUT2D eigenvalue weighted by Crippen LogP contribution is 2.09. The molecular weight excluding hydrogens is 428 g/mol. The highest BCUT2D eigenvalue weighted by Gasteiger charge is 2.23. The molecular formula is C20H34N2O10. The highest BCUT2D eigenvalue weighted by molar-refractivity contribution is 6.00. The van der Waals surface area contributed by atoms with Crippen molar-refractivity contribution < 1.29 is 48.0 Å². The van der Waals surface area contributed by atoms with Crippen LogP contribution in [0.15, 0.2) is 11.6 Å². The first-order chi connectivity index (χ1) is 15.3. The quantitative estimate of drug-likeness (QED) is 0.203. The van der Waals surface area contributed by atoms with Crippen LogP contribution >= 0.6 is 0 Å². The summed E-state index contributed by atoms with van der Waals surface area (Å²) < 4.78 is 24.8. The van der Waals surface area contributed by atoms with Gasteiger partial charge in [-0.05, 0) is 0 Å². The minimum Gasteiger partial charge on any atom is -0.478 e. The first kappa shape index (κ1) is 29.5. The number of hydrogen-bond donors (Lipinski definition) is 1. The second-order valence-electron chi connectivity index (χ2n) is 6.49. The Morgan fingerprint density at radius 3 is 1.50 bits per heavy atom. The van der Waals surface area contributed by atoms with E-state index in [1.165, 1.54) is 38.2 Å². The minimum absolute atomic E-state index is 0.237. The number of carbonyl (C=O) groups is 4. The smallest absolute Gasteiger partial charge is 0.335 e. The maximum absolute atomic E-state index is 12.6. The lowest BCUT2D eigenvalue weighted by molar-refractivity contribution is -0.150. The standard InChI is InChI=1S/C20H34N2O10/c1-28-9-5-21(6-10-29-2)17(23)13-16(14-19(25)26)20(27)32-15-18(24)22(7-11-30-3)8-12-31-4/h14H,5-13,15H2,1-4H3,(H,25,26). The fourth-order valence-electron chi connectivity index (χ4n) is 2.45. The second kappa shape index (κ2) is 18.1. The summed E-state index contributed by atoms with van der Waals surface area (Å²) in [4.78, 5) is 51.3. The molecule has 12 heteroatoms. The minimum atomic E-state index is -1.42. The van der Waals surface area contributed by atoms with Crippen molar-refractivity contribution in [2.45, 2.75) is 6.42 Å². The van der Waals surface area contributed by atoms with E-state index in [2.05, 4.69) is 0 Å². The van der Waals surface area contributed by atoms with Crippen LogP contribution in [0.1, 0.15) is 6.42 Å². The van der Waals surface area contributed by atoms with Gasteiger partial charge in [-0.3, -0.25) is 9.59 Å². The number of rotatable bonds is 18. The number of methoxy groups -OCH3 is 4. The van der Waals surface area contributed by atoms with E-state index in [1.54, 1.807) is 0 Å². The zero-order valence-corrected chi connectivity index (χ0v) is 19.2. The summed E-state index contributed by atoms with van der Waals surface area (Å²) in [5.74, 6) is -3.49. The SMILES string of the molecule is COCCN(CCOC)C(=O)COC(=O)C(=CC(=O)O)CC(=O)N(CCOC)CCOC. The van der Waals surface area contributed by atoms with Crippen LogP contribution in [-0.2, 0) is 42.9 Å². The first-order valence-electron chi connectivity index (χ1n) is 9.92. The number of carbonyl (C=O) groups excluding carboxylic acids is 3. The molecule has 0 bridgehead atoms. The van der Waals surface area contributed by atoms with Crippen molar-refractivity contribution in [1.29, 1.82) is 0 Å². The zero-order chi connectivity index (χ0) is 24.4. The highest BCUT2D eigenvalue weighted by atomic mass is 16.5. The summed E-state index contributed by atoms with van der Waals surface area (Å²) in [6, 6.07) is 0. The van der Waals surface area contributed by atoms with Crippen LogP contribution < -0.4 is 0 Å². The van der Waals surface area contributed by atoms with Crippen LogP contribution in [0.4, 0.5) is 0 Å². The van der Waals surface area contributed by atoms with E-state index >= 15 is 0 Å². The van der Waals surface area contributed by atoms with Crippen molar-refractivity contribution in [1.82, 2.24) is 9.80 Å². The molecule has 0 spiro atoms. The van der Waals surface area contributed by atoms with Crippen molar-refractivity contribution in [3.05, 3.63) is 11.6 Å². The topological polar surface area (TPSA) is 141 Å². The molecule has 0 aliphatic heterocycles. The maximum atomic E-state index is 12.6. The molecule has 184 valence electrons. The lowest BCUT2D eigenvalue weighted by Crippen LogP contribution is -2.39. The normalized spacial score (nSPS) is 11.2. The van der Waals surface area contributed by atoms with Gasteiger partial charge in [-0.1, -0.05) is 0 Å². The van der Waals surface area contributed by atoms with Crippen LogP contribution in [0.5, 0.6) is 0 Å². The molecule has 0 heterocycles. The molecule has 0 radical (unpaired) electrons. The summed E-state index contributed by atoms with van der Waals surface area (Å²) >= 11 is 0. The molecule has 2 amide bonds. The fourth-order valence-corrected chi connectivity index (χ4v) is 2.45. The molecule has 0 aromatic heterocycles. The molecule has 0 rings (SSSR count). The van der Waals surface area contributed by atoms with Crippen molar-refractivity contribution in [3.63, 3.8) is 0 Å². The van der Waals surface area contributed by atoms with E-state index in [9.17, 15) is 19.2 Å². The van der Waals surface area contributed by atoms with Crippen LogP contribution in [0, 0.1) is 0 Å². The van der Waals surface area contributed by atoms with Gasteiger partial charge in [0.2, 0.25) is 5.91 Å². The molecule has 0 atom stereocenters. The Bertz CT molecular complexity index is 608. The number of carboxylic acids is 1. The lowest BCUT2D eigenvalue weighted by Gasteiger charge is -2.23. The molecule has 0 saturated heterocycles. The number of esters is 1. The Morgan fingerprint density at radius 2 is 1.12 bits per heavy atom. The third kappa shape index (κ3) is 13.0. The maximum Gasteiger partial charge on any atom is 0.335 e. The Morgan fingerprint density at radius 1 is 0.719 bits per heavy atom. The number of hydrogen-bond acceptors (Lipinski definition) is 9. The molecule has 0 aromatic carbocycles. The molecule has 0 fully saturated rings. The van der Waals surface area contributed by atoms with E-state index in [-0.39, 0.29) is 58.2 Å². The van der Waals surface area contributed by atoms with E-state index in [0.717, 1.165) is 0 Å². The Balaban J connectivity index is 5.14. The van der Waals surface area contributed by atoms with Gasteiger partial charge in [-0.2, -0.15) is 0 Å². The Kier molecular flexibility index (Phi) is 16.6. The van der Waals surface area contributed by atoms with Gasteiger partial charge in [0.05, 0.1) is 38.4 Å². The zero-order valence-electron chi connectivity index (χ0n) is 19.2. The molecule has 12 nitrogen and oxygen atoms in total.